The predicted molar refractivity (Wildman–Crippen MR) is 95.9 cm³/mol. The molecule has 0 atom stereocenters. The number of anilines is 1. The van der Waals surface area contributed by atoms with Gasteiger partial charge in [0, 0.05) is 6.42 Å². The number of ketones is 1. The predicted octanol–water partition coefficient (Wildman–Crippen LogP) is 2.64. The second-order valence-corrected chi connectivity index (χ2v) is 9.12. The Balaban J connectivity index is 1.66. The normalized spacial score (nSPS) is 14.2. The van der Waals surface area contributed by atoms with Crippen LogP contribution in [0.25, 0.3) is 0 Å². The quantitative estimate of drug-likeness (QED) is 0.863. The fourth-order valence-electron chi connectivity index (χ4n) is 2.65. The lowest BCUT2D eigenvalue weighted by Crippen LogP contribution is -2.14. The van der Waals surface area contributed by atoms with Gasteiger partial charge in [0.2, 0.25) is 5.91 Å². The number of fused-ring (bicyclic) bond motifs is 1. The third-order valence-corrected chi connectivity index (χ3v) is 6.85. The molecule has 0 saturated heterocycles. The Morgan fingerprint density at radius 2 is 1.96 bits per heavy atom. The van der Waals surface area contributed by atoms with Crippen LogP contribution < -0.4 is 5.32 Å². The van der Waals surface area contributed by atoms with Crippen LogP contribution in [-0.4, -0.2) is 30.8 Å². The first-order valence-electron chi connectivity index (χ1n) is 8.03. The van der Waals surface area contributed by atoms with Gasteiger partial charge < -0.3 is 5.32 Å². The van der Waals surface area contributed by atoms with Gasteiger partial charge in [0.05, 0.1) is 27.6 Å². The summed E-state index contributed by atoms with van der Waals surface area (Å²) in [6, 6.07) is 6.31. The molecule has 2 aromatic rings. The van der Waals surface area contributed by atoms with Crippen LogP contribution in [-0.2, 0) is 27.5 Å². The van der Waals surface area contributed by atoms with Crippen molar-refractivity contribution in [2.45, 2.75) is 37.5 Å². The number of hydrogen-bond donors (Lipinski definition) is 1. The van der Waals surface area contributed by atoms with E-state index in [-0.39, 0.29) is 28.8 Å². The Morgan fingerprint density at radius 3 is 2.60 bits per heavy atom. The van der Waals surface area contributed by atoms with Crippen LogP contribution in [0.1, 0.15) is 40.7 Å². The van der Waals surface area contributed by atoms with E-state index < -0.39 is 9.84 Å². The molecule has 0 aliphatic heterocycles. The third kappa shape index (κ3) is 3.96. The van der Waals surface area contributed by atoms with E-state index in [2.05, 4.69) is 10.3 Å². The lowest BCUT2D eigenvalue weighted by atomic mass is 10.0. The minimum atomic E-state index is -3.24. The molecule has 3 rings (SSSR count). The second-order valence-electron chi connectivity index (χ2n) is 5.84. The van der Waals surface area contributed by atoms with Gasteiger partial charge in [-0.1, -0.05) is 30.4 Å². The number of rotatable bonds is 5. The summed E-state index contributed by atoms with van der Waals surface area (Å²) < 4.78 is 23.6. The molecular weight excluding hydrogens is 360 g/mol. The van der Waals surface area contributed by atoms with Gasteiger partial charge in [-0.15, -0.1) is 0 Å². The summed E-state index contributed by atoms with van der Waals surface area (Å²) in [5.41, 5.74) is 1.48. The summed E-state index contributed by atoms with van der Waals surface area (Å²) in [5, 5.41) is 3.16. The van der Waals surface area contributed by atoms with Crippen molar-refractivity contribution in [1.82, 2.24) is 4.98 Å². The maximum absolute atomic E-state index is 12.2. The zero-order chi connectivity index (χ0) is 18.0. The average Bonchev–Trinajstić information content (AvgIpc) is 2.99. The third-order valence-electron chi connectivity index (χ3n) is 4.04. The van der Waals surface area contributed by atoms with Crippen molar-refractivity contribution in [3.05, 3.63) is 40.4 Å². The highest BCUT2D eigenvalue weighted by Gasteiger charge is 2.22. The number of hydrogen-bond acceptors (Lipinski definition) is 6. The molecule has 1 aliphatic rings. The molecule has 1 N–H and O–H groups in total. The summed E-state index contributed by atoms with van der Waals surface area (Å²) in [5.74, 6) is -0.114. The van der Waals surface area contributed by atoms with Gasteiger partial charge in [0.1, 0.15) is 0 Å². The molecule has 0 unspecified atom stereocenters. The Hall–Kier alpha value is -2.06. The molecule has 6 nitrogen and oxygen atoms in total. The van der Waals surface area contributed by atoms with E-state index in [0.29, 0.717) is 22.0 Å². The topological polar surface area (TPSA) is 93.2 Å². The number of aryl methyl sites for hydroxylation is 1. The molecule has 25 heavy (non-hydrogen) atoms. The van der Waals surface area contributed by atoms with Crippen molar-refractivity contribution >= 4 is 38.0 Å². The zero-order valence-electron chi connectivity index (χ0n) is 13.7. The van der Waals surface area contributed by atoms with E-state index in [1.54, 1.807) is 19.1 Å². The minimum absolute atomic E-state index is 0.0419. The van der Waals surface area contributed by atoms with E-state index in [1.165, 1.54) is 23.5 Å². The van der Waals surface area contributed by atoms with Crippen LogP contribution in [0.4, 0.5) is 5.13 Å². The fourth-order valence-corrected chi connectivity index (χ4v) is 4.53. The van der Waals surface area contributed by atoms with Crippen LogP contribution in [0.5, 0.6) is 0 Å². The second kappa shape index (κ2) is 7.05. The zero-order valence-corrected chi connectivity index (χ0v) is 15.4. The number of sulfone groups is 1. The highest BCUT2D eigenvalue weighted by molar-refractivity contribution is 7.91. The molecule has 1 heterocycles. The van der Waals surface area contributed by atoms with E-state index in [9.17, 15) is 18.0 Å². The van der Waals surface area contributed by atoms with E-state index in [0.717, 1.165) is 18.5 Å². The molecule has 0 radical (unpaired) electrons. The van der Waals surface area contributed by atoms with Gasteiger partial charge in [-0.3, -0.25) is 9.59 Å². The Bertz CT molecular complexity index is 915. The summed E-state index contributed by atoms with van der Waals surface area (Å²) >= 11 is 1.22. The van der Waals surface area contributed by atoms with Crippen molar-refractivity contribution in [2.75, 3.05) is 11.1 Å². The Morgan fingerprint density at radius 1 is 1.24 bits per heavy atom. The van der Waals surface area contributed by atoms with Crippen molar-refractivity contribution < 1.29 is 18.0 Å². The van der Waals surface area contributed by atoms with Crippen molar-refractivity contribution in [2.24, 2.45) is 0 Å². The highest BCUT2D eigenvalue weighted by Crippen LogP contribution is 2.29. The SMILES string of the molecule is CCS(=O)(=O)c1ccc(CC(=O)Nc2nc3c(s2)C(=O)CCC3)cc1. The number of carbonyl (C=O) groups is 2. The summed E-state index contributed by atoms with van der Waals surface area (Å²) in [6.45, 7) is 1.59. The molecule has 1 aromatic heterocycles. The van der Waals surface area contributed by atoms with Crippen LogP contribution >= 0.6 is 11.3 Å². The number of Topliss-reactive ketones (excluding diaryl/α,β-unsaturated/α-hetero) is 1. The Labute approximate surface area is 150 Å². The molecule has 132 valence electrons. The number of aromatic nitrogens is 1. The molecule has 1 aromatic carbocycles. The van der Waals surface area contributed by atoms with Crippen molar-refractivity contribution in [1.29, 1.82) is 0 Å². The highest BCUT2D eigenvalue weighted by atomic mass is 32.2. The first kappa shape index (κ1) is 17.8. The molecule has 0 saturated carbocycles. The van der Waals surface area contributed by atoms with E-state index in [4.69, 9.17) is 0 Å². The van der Waals surface area contributed by atoms with E-state index in [1.807, 2.05) is 0 Å². The first-order chi connectivity index (χ1) is 11.9. The molecule has 1 amide bonds. The summed E-state index contributed by atoms with van der Waals surface area (Å²) in [4.78, 5) is 29.2. The van der Waals surface area contributed by atoms with Gasteiger partial charge in [-0.25, -0.2) is 13.4 Å². The van der Waals surface area contributed by atoms with Gasteiger partial charge in [-0.2, -0.15) is 0 Å². The molecule has 0 fully saturated rings. The number of nitrogens with one attached hydrogen (secondary N) is 1. The number of thiazole rings is 1. The minimum Gasteiger partial charge on any atom is -0.302 e. The molecular formula is C17H18N2O4S2. The molecule has 1 aliphatic carbocycles. The van der Waals surface area contributed by atoms with E-state index >= 15 is 0 Å². The molecule has 8 heteroatoms. The van der Waals surface area contributed by atoms with Crippen molar-refractivity contribution in [3.8, 4) is 0 Å². The largest absolute Gasteiger partial charge is 0.302 e. The first-order valence-corrected chi connectivity index (χ1v) is 10.5. The van der Waals surface area contributed by atoms with Crippen LogP contribution in [0.15, 0.2) is 29.2 Å². The summed E-state index contributed by atoms with van der Waals surface area (Å²) in [7, 11) is -3.24. The number of carbonyl (C=O) groups excluding carboxylic acids is 2. The lowest BCUT2D eigenvalue weighted by Gasteiger charge is -2.05. The van der Waals surface area contributed by atoms with Gasteiger partial charge in [0.15, 0.2) is 20.8 Å². The number of benzene rings is 1. The average molecular weight is 378 g/mol. The fraction of sp³-hybridized carbons (Fsp3) is 0.353. The van der Waals surface area contributed by atoms with Gasteiger partial charge in [-0.05, 0) is 30.5 Å². The summed E-state index contributed by atoms with van der Waals surface area (Å²) in [6.07, 6.45) is 2.22. The maximum Gasteiger partial charge on any atom is 0.230 e. The van der Waals surface area contributed by atoms with Crippen LogP contribution in [0.3, 0.4) is 0 Å². The molecule has 0 spiro atoms. The van der Waals surface area contributed by atoms with Crippen LogP contribution in [0, 0.1) is 0 Å². The monoisotopic (exact) mass is 378 g/mol. The smallest absolute Gasteiger partial charge is 0.230 e. The van der Waals surface area contributed by atoms with Crippen LogP contribution in [0.2, 0.25) is 0 Å². The standard InChI is InChI=1S/C17H18N2O4S2/c1-2-25(22,23)12-8-6-11(7-9-12)10-15(21)19-17-18-13-4-3-5-14(20)16(13)24-17/h6-9H,2-5,10H2,1H3,(H,18,19,21). The maximum atomic E-state index is 12.2. The lowest BCUT2D eigenvalue weighted by molar-refractivity contribution is -0.115. The number of amides is 1. The Kier molecular flexibility index (Phi) is 5.01. The molecule has 0 bridgehead atoms. The van der Waals surface area contributed by atoms with Gasteiger partial charge >= 0.3 is 0 Å². The van der Waals surface area contributed by atoms with Crippen molar-refractivity contribution in [3.63, 3.8) is 0 Å². The number of nitrogens with zero attached hydrogens (tertiary/aromatic N) is 1. The van der Waals surface area contributed by atoms with Gasteiger partial charge in [0.25, 0.3) is 0 Å².